The Hall–Kier alpha value is -1.84. The van der Waals surface area contributed by atoms with Crippen LogP contribution in [0.1, 0.15) is 37.8 Å². The van der Waals surface area contributed by atoms with Crippen molar-refractivity contribution in [3.8, 4) is 0 Å². The van der Waals surface area contributed by atoms with Gasteiger partial charge in [0.05, 0.1) is 6.61 Å². The first-order valence-corrected chi connectivity index (χ1v) is 6.55. The summed E-state index contributed by atoms with van der Waals surface area (Å²) in [5.41, 5.74) is 3.03. The minimum Gasteiger partial charge on any atom is -0.466 e. The van der Waals surface area contributed by atoms with Crippen LogP contribution in [0.5, 0.6) is 0 Å². The number of carbonyl (C=O) groups is 2. The molecule has 0 radical (unpaired) electrons. The lowest BCUT2D eigenvalue weighted by Crippen LogP contribution is -2.07. The first-order chi connectivity index (χ1) is 9.02. The molecule has 0 unspecified atom stereocenters. The average Bonchev–Trinajstić information content (AvgIpc) is 2.32. The van der Waals surface area contributed by atoms with Crippen LogP contribution >= 0.6 is 0 Å². The van der Waals surface area contributed by atoms with Gasteiger partial charge in [-0.05, 0) is 43.9 Å². The summed E-state index contributed by atoms with van der Waals surface area (Å²) in [5, 5.41) is 2.78. The van der Waals surface area contributed by atoms with Crippen LogP contribution in [0.25, 0.3) is 0 Å². The van der Waals surface area contributed by atoms with Gasteiger partial charge < -0.3 is 10.1 Å². The molecule has 4 heteroatoms. The second-order valence-electron chi connectivity index (χ2n) is 4.49. The van der Waals surface area contributed by atoms with Gasteiger partial charge in [-0.15, -0.1) is 0 Å². The first kappa shape index (κ1) is 15.2. The zero-order valence-corrected chi connectivity index (χ0v) is 11.8. The van der Waals surface area contributed by atoms with Gasteiger partial charge in [-0.2, -0.15) is 0 Å². The van der Waals surface area contributed by atoms with Gasteiger partial charge in [-0.25, -0.2) is 0 Å². The highest BCUT2D eigenvalue weighted by molar-refractivity contribution is 5.89. The zero-order valence-electron chi connectivity index (χ0n) is 11.8. The van der Waals surface area contributed by atoms with Crippen LogP contribution in [0.15, 0.2) is 18.2 Å². The van der Waals surface area contributed by atoms with E-state index >= 15 is 0 Å². The number of carbonyl (C=O) groups excluding carboxylic acids is 2. The Bertz CT molecular complexity index is 455. The molecule has 1 aromatic carbocycles. The van der Waals surface area contributed by atoms with Gasteiger partial charge in [-0.3, -0.25) is 9.59 Å². The molecular weight excluding hydrogens is 242 g/mol. The van der Waals surface area contributed by atoms with Crippen LogP contribution < -0.4 is 5.32 Å². The van der Waals surface area contributed by atoms with E-state index in [4.69, 9.17) is 4.74 Å². The van der Waals surface area contributed by atoms with Crippen molar-refractivity contribution < 1.29 is 14.3 Å². The van der Waals surface area contributed by atoms with Crippen LogP contribution in [0, 0.1) is 6.92 Å². The van der Waals surface area contributed by atoms with Crippen LogP contribution in [-0.2, 0) is 20.7 Å². The highest BCUT2D eigenvalue weighted by Crippen LogP contribution is 2.17. The van der Waals surface area contributed by atoms with Gasteiger partial charge in [0.2, 0.25) is 5.91 Å². The number of aryl methyl sites for hydroxylation is 2. The third-order valence-corrected chi connectivity index (χ3v) is 2.75. The molecule has 19 heavy (non-hydrogen) atoms. The van der Waals surface area contributed by atoms with E-state index < -0.39 is 0 Å². The maximum Gasteiger partial charge on any atom is 0.305 e. The van der Waals surface area contributed by atoms with Crippen molar-refractivity contribution in [3.05, 3.63) is 29.3 Å². The van der Waals surface area contributed by atoms with Crippen molar-refractivity contribution in [2.75, 3.05) is 11.9 Å². The molecular formula is C15H21NO3. The van der Waals surface area contributed by atoms with Gasteiger partial charge in [0.15, 0.2) is 0 Å². The van der Waals surface area contributed by atoms with Gasteiger partial charge in [0.1, 0.15) is 0 Å². The molecule has 0 atom stereocenters. The van der Waals surface area contributed by atoms with Crippen molar-refractivity contribution in [1.29, 1.82) is 0 Å². The van der Waals surface area contributed by atoms with Gasteiger partial charge in [0.25, 0.3) is 0 Å². The maximum absolute atomic E-state index is 11.2. The molecule has 0 saturated heterocycles. The number of amides is 1. The van der Waals surface area contributed by atoms with E-state index in [-0.39, 0.29) is 11.9 Å². The van der Waals surface area contributed by atoms with Crippen molar-refractivity contribution in [2.24, 2.45) is 0 Å². The summed E-state index contributed by atoms with van der Waals surface area (Å²) >= 11 is 0. The number of rotatable bonds is 6. The molecule has 0 aliphatic rings. The summed E-state index contributed by atoms with van der Waals surface area (Å²) in [5.74, 6) is -0.216. The fourth-order valence-electron chi connectivity index (χ4n) is 1.88. The molecule has 1 amide bonds. The smallest absolute Gasteiger partial charge is 0.305 e. The minimum absolute atomic E-state index is 0.0711. The van der Waals surface area contributed by atoms with Crippen molar-refractivity contribution >= 4 is 17.6 Å². The van der Waals surface area contributed by atoms with Gasteiger partial charge >= 0.3 is 5.97 Å². The zero-order chi connectivity index (χ0) is 14.3. The van der Waals surface area contributed by atoms with Crippen LogP contribution in [0.4, 0.5) is 5.69 Å². The summed E-state index contributed by atoms with van der Waals surface area (Å²) in [6.07, 6.45) is 2.05. The van der Waals surface area contributed by atoms with E-state index in [1.54, 1.807) is 0 Å². The number of hydrogen-bond donors (Lipinski definition) is 1. The molecule has 104 valence electrons. The number of hydrogen-bond acceptors (Lipinski definition) is 3. The molecule has 4 nitrogen and oxygen atoms in total. The van der Waals surface area contributed by atoms with E-state index in [1.807, 2.05) is 32.0 Å². The normalized spacial score (nSPS) is 10.1. The van der Waals surface area contributed by atoms with Gasteiger partial charge in [0, 0.05) is 19.0 Å². The SMILES string of the molecule is CCOC(=O)CCCc1ccc(NC(C)=O)c(C)c1. The van der Waals surface area contributed by atoms with Crippen LogP contribution in [-0.4, -0.2) is 18.5 Å². The molecule has 1 N–H and O–H groups in total. The maximum atomic E-state index is 11.2. The number of ether oxygens (including phenoxy) is 1. The van der Waals surface area contributed by atoms with Gasteiger partial charge in [-0.1, -0.05) is 12.1 Å². The van der Waals surface area contributed by atoms with E-state index in [9.17, 15) is 9.59 Å². The number of esters is 1. The Labute approximate surface area is 114 Å². The molecule has 0 aromatic heterocycles. The summed E-state index contributed by atoms with van der Waals surface area (Å²) in [6.45, 7) is 5.69. The fourth-order valence-corrected chi connectivity index (χ4v) is 1.88. The quantitative estimate of drug-likeness (QED) is 0.803. The molecule has 1 aromatic rings. The highest BCUT2D eigenvalue weighted by Gasteiger charge is 2.04. The standard InChI is InChI=1S/C15H21NO3/c1-4-19-15(18)7-5-6-13-8-9-14(11(2)10-13)16-12(3)17/h8-10H,4-7H2,1-3H3,(H,16,17). The summed E-state index contributed by atoms with van der Waals surface area (Å²) in [4.78, 5) is 22.2. The Morgan fingerprint density at radius 2 is 2.05 bits per heavy atom. The molecule has 0 fully saturated rings. The first-order valence-electron chi connectivity index (χ1n) is 6.55. The molecule has 1 rings (SSSR count). The molecule has 0 heterocycles. The summed E-state index contributed by atoms with van der Waals surface area (Å²) in [6, 6.07) is 5.91. The predicted molar refractivity (Wildman–Crippen MR) is 75.1 cm³/mol. The van der Waals surface area contributed by atoms with Crippen molar-refractivity contribution in [3.63, 3.8) is 0 Å². The molecule has 0 aliphatic carbocycles. The van der Waals surface area contributed by atoms with Crippen molar-refractivity contribution in [1.82, 2.24) is 0 Å². The number of anilines is 1. The number of benzene rings is 1. The van der Waals surface area contributed by atoms with Crippen LogP contribution in [0.2, 0.25) is 0 Å². The van der Waals surface area contributed by atoms with Crippen molar-refractivity contribution in [2.45, 2.75) is 40.0 Å². The monoisotopic (exact) mass is 263 g/mol. The average molecular weight is 263 g/mol. The lowest BCUT2D eigenvalue weighted by molar-refractivity contribution is -0.143. The Morgan fingerprint density at radius 1 is 1.32 bits per heavy atom. The largest absolute Gasteiger partial charge is 0.466 e. The summed E-state index contributed by atoms with van der Waals surface area (Å²) in [7, 11) is 0. The van der Waals surface area contributed by atoms with E-state index in [0.29, 0.717) is 13.0 Å². The molecule has 0 aliphatic heterocycles. The predicted octanol–water partition coefficient (Wildman–Crippen LogP) is 2.84. The highest BCUT2D eigenvalue weighted by atomic mass is 16.5. The Balaban J connectivity index is 2.49. The third kappa shape index (κ3) is 5.55. The second kappa shape index (κ2) is 7.56. The third-order valence-electron chi connectivity index (χ3n) is 2.75. The summed E-state index contributed by atoms with van der Waals surface area (Å²) < 4.78 is 4.88. The Morgan fingerprint density at radius 3 is 2.63 bits per heavy atom. The second-order valence-corrected chi connectivity index (χ2v) is 4.49. The fraction of sp³-hybridized carbons (Fsp3) is 0.467. The van der Waals surface area contributed by atoms with E-state index in [0.717, 1.165) is 29.7 Å². The minimum atomic E-state index is -0.144. The molecule has 0 spiro atoms. The lowest BCUT2D eigenvalue weighted by atomic mass is 10.0. The molecule has 0 bridgehead atoms. The Kier molecular flexibility index (Phi) is 6.06. The topological polar surface area (TPSA) is 55.4 Å². The molecule has 0 saturated carbocycles. The number of nitrogens with one attached hydrogen (secondary N) is 1. The lowest BCUT2D eigenvalue weighted by Gasteiger charge is -2.09. The van der Waals surface area contributed by atoms with E-state index in [1.165, 1.54) is 6.92 Å². The van der Waals surface area contributed by atoms with E-state index in [2.05, 4.69) is 5.32 Å². The van der Waals surface area contributed by atoms with Crippen LogP contribution in [0.3, 0.4) is 0 Å².